The lowest BCUT2D eigenvalue weighted by Crippen LogP contribution is -2.21. The van der Waals surface area contributed by atoms with Crippen molar-refractivity contribution in [3.8, 4) is 0 Å². The van der Waals surface area contributed by atoms with Crippen LogP contribution in [0.15, 0.2) is 83.9 Å². The summed E-state index contributed by atoms with van der Waals surface area (Å²) in [6.45, 7) is 0. The Morgan fingerprint density at radius 3 is 1.94 bits per heavy atom. The molecule has 2 aromatic carbocycles. The molecule has 34 heavy (non-hydrogen) atoms. The maximum atomic E-state index is 13.8. The van der Waals surface area contributed by atoms with Gasteiger partial charge in [0.15, 0.2) is 0 Å². The Hall–Kier alpha value is -4.11. The molecule has 0 saturated carbocycles. The van der Waals surface area contributed by atoms with E-state index in [1.165, 1.54) is 26.4 Å². The summed E-state index contributed by atoms with van der Waals surface area (Å²) >= 11 is 0. The number of carbonyl (C=O) groups is 2. The molecule has 174 valence electrons. The van der Waals surface area contributed by atoms with Gasteiger partial charge in [-0.25, -0.2) is 22.0 Å². The van der Waals surface area contributed by atoms with Crippen LogP contribution < -0.4 is 0 Å². The molecule has 9 heteroatoms. The maximum Gasteiger partial charge on any atom is 0.340 e. The largest absolute Gasteiger partial charge is 0.465 e. The van der Waals surface area contributed by atoms with E-state index in [9.17, 15) is 18.0 Å². The molecule has 8 nitrogen and oxygen atoms in total. The summed E-state index contributed by atoms with van der Waals surface area (Å²) in [6, 6.07) is 19.6. The van der Waals surface area contributed by atoms with Gasteiger partial charge < -0.3 is 14.0 Å². The summed E-state index contributed by atoms with van der Waals surface area (Å²) in [6.07, 6.45) is 1.70. The first-order valence-corrected chi connectivity index (χ1v) is 11.7. The summed E-state index contributed by atoms with van der Waals surface area (Å²) in [5.41, 5.74) is 0.347. The van der Waals surface area contributed by atoms with E-state index in [4.69, 9.17) is 9.47 Å². The Morgan fingerprint density at radius 1 is 0.765 bits per heavy atom. The molecule has 0 fully saturated rings. The minimum Gasteiger partial charge on any atom is -0.465 e. The third kappa shape index (κ3) is 3.80. The zero-order valence-corrected chi connectivity index (χ0v) is 19.6. The number of aryl methyl sites for hydroxylation is 1. The van der Waals surface area contributed by atoms with Crippen molar-refractivity contribution in [2.75, 3.05) is 14.2 Å². The number of para-hydroxylation sites is 1. The molecule has 2 heterocycles. The lowest BCUT2D eigenvalue weighted by Gasteiger charge is -2.17. The van der Waals surface area contributed by atoms with Gasteiger partial charge in [0.2, 0.25) is 0 Å². The van der Waals surface area contributed by atoms with Crippen LogP contribution in [0.4, 0.5) is 0 Å². The SMILES string of the molecule is COC(=O)/C(=C(/C(=O)OC)c1cc2ccccc2n1S(=O)(=O)c1ccccc1)c1cccn1C. The van der Waals surface area contributed by atoms with Crippen LogP contribution in [0, 0.1) is 0 Å². The van der Waals surface area contributed by atoms with Crippen LogP contribution in [0.1, 0.15) is 11.4 Å². The molecule has 0 saturated heterocycles. The quantitative estimate of drug-likeness (QED) is 0.311. The van der Waals surface area contributed by atoms with E-state index in [0.717, 1.165) is 3.97 Å². The van der Waals surface area contributed by atoms with E-state index in [1.54, 1.807) is 78.5 Å². The number of ether oxygens (including phenoxy) is 2. The molecule has 0 aliphatic heterocycles. The predicted molar refractivity (Wildman–Crippen MR) is 127 cm³/mol. The molecule has 0 unspecified atom stereocenters. The third-order valence-electron chi connectivity index (χ3n) is 5.43. The van der Waals surface area contributed by atoms with E-state index in [2.05, 4.69) is 0 Å². The third-order valence-corrected chi connectivity index (χ3v) is 7.18. The summed E-state index contributed by atoms with van der Waals surface area (Å²) in [5, 5.41) is 0.564. The highest BCUT2D eigenvalue weighted by atomic mass is 32.2. The van der Waals surface area contributed by atoms with Gasteiger partial charge in [-0.05, 0) is 36.4 Å². The molecule has 0 radical (unpaired) electrons. The molecule has 0 N–H and O–H groups in total. The van der Waals surface area contributed by atoms with Crippen LogP contribution in [-0.2, 0) is 36.1 Å². The molecular formula is C25H22N2O6S. The summed E-state index contributed by atoms with van der Waals surface area (Å²) in [5.74, 6) is -1.69. The first-order chi connectivity index (χ1) is 16.3. The van der Waals surface area contributed by atoms with E-state index in [-0.39, 0.29) is 21.7 Å². The highest BCUT2D eigenvalue weighted by Gasteiger charge is 2.33. The second kappa shape index (κ2) is 9.03. The monoisotopic (exact) mass is 478 g/mol. The second-order valence-electron chi connectivity index (χ2n) is 7.41. The van der Waals surface area contributed by atoms with Gasteiger partial charge in [0.05, 0.1) is 41.6 Å². The number of rotatable bonds is 6. The normalized spacial score (nSPS) is 12.3. The highest BCUT2D eigenvalue weighted by molar-refractivity contribution is 7.90. The minimum atomic E-state index is -4.17. The standard InChI is InChI=1S/C25H22N2O6S/c1-26-15-9-14-20(26)22(24(28)32-2)23(25(29)33-3)21-16-17-10-7-8-13-19(17)27(21)34(30,31)18-11-5-4-6-12-18/h4-16H,1-3H3/b23-22+. The molecule has 0 aliphatic rings. The predicted octanol–water partition coefficient (Wildman–Crippen LogP) is 3.47. The number of benzene rings is 2. The average molecular weight is 479 g/mol. The van der Waals surface area contributed by atoms with Crippen molar-refractivity contribution in [3.05, 3.63) is 90.4 Å². The van der Waals surface area contributed by atoms with E-state index < -0.39 is 22.0 Å². The topological polar surface area (TPSA) is 96.6 Å². The zero-order valence-electron chi connectivity index (χ0n) is 18.8. The van der Waals surface area contributed by atoms with Gasteiger partial charge in [-0.1, -0.05) is 36.4 Å². The van der Waals surface area contributed by atoms with Gasteiger partial charge in [-0.2, -0.15) is 0 Å². The van der Waals surface area contributed by atoms with E-state index in [0.29, 0.717) is 16.6 Å². The second-order valence-corrected chi connectivity index (χ2v) is 9.20. The number of carbonyl (C=O) groups excluding carboxylic acids is 2. The number of methoxy groups -OCH3 is 2. The number of hydrogen-bond donors (Lipinski definition) is 0. The Labute approximate surface area is 196 Å². The fourth-order valence-electron chi connectivity index (χ4n) is 3.86. The molecular weight excluding hydrogens is 456 g/mol. The van der Waals surface area contributed by atoms with Crippen LogP contribution in [0.2, 0.25) is 0 Å². The van der Waals surface area contributed by atoms with Crippen LogP contribution in [0.5, 0.6) is 0 Å². The van der Waals surface area contributed by atoms with Gasteiger partial charge >= 0.3 is 11.9 Å². The van der Waals surface area contributed by atoms with Crippen LogP contribution in [-0.4, -0.2) is 43.1 Å². The van der Waals surface area contributed by atoms with Crippen LogP contribution in [0.3, 0.4) is 0 Å². The molecule has 0 amide bonds. The van der Waals surface area contributed by atoms with Crippen molar-refractivity contribution < 1.29 is 27.5 Å². The van der Waals surface area contributed by atoms with Crippen molar-refractivity contribution in [2.24, 2.45) is 7.05 Å². The van der Waals surface area contributed by atoms with E-state index >= 15 is 0 Å². The summed E-state index contributed by atoms with van der Waals surface area (Å²) in [7, 11) is -0.112. The molecule has 0 spiro atoms. The van der Waals surface area contributed by atoms with Gasteiger partial charge in [-0.15, -0.1) is 0 Å². The van der Waals surface area contributed by atoms with Crippen molar-refractivity contribution in [1.82, 2.24) is 8.54 Å². The van der Waals surface area contributed by atoms with Gasteiger partial charge in [0.25, 0.3) is 10.0 Å². The Kier molecular flexibility index (Phi) is 6.12. The molecule has 2 aromatic heterocycles. The van der Waals surface area contributed by atoms with E-state index in [1.807, 2.05) is 0 Å². The molecule has 4 aromatic rings. The maximum absolute atomic E-state index is 13.8. The molecule has 0 bridgehead atoms. The van der Waals surface area contributed by atoms with Crippen molar-refractivity contribution in [3.63, 3.8) is 0 Å². The lowest BCUT2D eigenvalue weighted by atomic mass is 10.0. The number of nitrogens with zero attached hydrogens (tertiary/aromatic N) is 2. The van der Waals surface area contributed by atoms with Crippen molar-refractivity contribution in [1.29, 1.82) is 0 Å². The Morgan fingerprint density at radius 2 is 1.35 bits per heavy atom. The molecule has 0 atom stereocenters. The number of esters is 2. The summed E-state index contributed by atoms with van der Waals surface area (Å²) in [4.78, 5) is 26.2. The fourth-order valence-corrected chi connectivity index (χ4v) is 5.40. The first kappa shape index (κ1) is 23.1. The smallest absolute Gasteiger partial charge is 0.340 e. The minimum absolute atomic E-state index is 0.0153. The van der Waals surface area contributed by atoms with Crippen molar-refractivity contribution >= 4 is 44.0 Å². The average Bonchev–Trinajstić information content (AvgIpc) is 3.45. The molecule has 0 aliphatic carbocycles. The Bertz CT molecular complexity index is 1530. The first-order valence-electron chi connectivity index (χ1n) is 10.2. The van der Waals surface area contributed by atoms with Gasteiger partial charge in [0, 0.05) is 18.6 Å². The fraction of sp³-hybridized carbons (Fsp3) is 0.120. The van der Waals surface area contributed by atoms with Gasteiger partial charge in [-0.3, -0.25) is 0 Å². The summed E-state index contributed by atoms with van der Waals surface area (Å²) < 4.78 is 40.4. The van der Waals surface area contributed by atoms with Crippen molar-refractivity contribution in [2.45, 2.75) is 4.90 Å². The van der Waals surface area contributed by atoms with Gasteiger partial charge in [0.1, 0.15) is 5.57 Å². The number of hydrogen-bond acceptors (Lipinski definition) is 6. The zero-order chi connectivity index (χ0) is 24.5. The lowest BCUT2D eigenvalue weighted by molar-refractivity contribution is -0.136. The Balaban J connectivity index is 2.19. The van der Waals surface area contributed by atoms with Crippen LogP contribution in [0.25, 0.3) is 22.0 Å². The molecule has 4 rings (SSSR count). The number of aromatic nitrogens is 2. The highest BCUT2D eigenvalue weighted by Crippen LogP contribution is 2.35. The van der Waals surface area contributed by atoms with Crippen LogP contribution >= 0.6 is 0 Å². The number of fused-ring (bicyclic) bond motifs is 1.